The highest BCUT2D eigenvalue weighted by atomic mass is 35.5. The van der Waals surface area contributed by atoms with Gasteiger partial charge in [0.2, 0.25) is 0 Å². The predicted molar refractivity (Wildman–Crippen MR) is 69.4 cm³/mol. The molecule has 1 aromatic rings. The van der Waals surface area contributed by atoms with Gasteiger partial charge in [-0.3, -0.25) is 4.79 Å². The Balaban J connectivity index is 2.57. The average Bonchev–Trinajstić information content (AvgIpc) is 2.19. The Bertz CT molecular complexity index is 381. The maximum absolute atomic E-state index is 11.8. The Morgan fingerprint density at radius 1 is 1.29 bits per heavy atom. The summed E-state index contributed by atoms with van der Waals surface area (Å²) < 4.78 is 5.51. The zero-order valence-corrected chi connectivity index (χ0v) is 11.3. The standard InChI is InChI=1S/C13H18ClNO2/c1-9(12(16)15-13(2,3)4)17-11-7-5-10(14)6-8-11/h5-9H,1-4H3,(H,15,16)/t9-/m0/s1. The smallest absolute Gasteiger partial charge is 0.261 e. The summed E-state index contributed by atoms with van der Waals surface area (Å²) in [6, 6.07) is 6.93. The number of hydrogen-bond acceptors (Lipinski definition) is 2. The molecule has 0 unspecified atom stereocenters. The third kappa shape index (κ3) is 5.09. The van der Waals surface area contributed by atoms with Crippen LogP contribution < -0.4 is 10.1 Å². The lowest BCUT2D eigenvalue weighted by Gasteiger charge is -2.23. The minimum Gasteiger partial charge on any atom is -0.481 e. The highest BCUT2D eigenvalue weighted by molar-refractivity contribution is 6.30. The van der Waals surface area contributed by atoms with Gasteiger partial charge in [0.05, 0.1) is 0 Å². The molecule has 0 heterocycles. The van der Waals surface area contributed by atoms with E-state index < -0.39 is 6.10 Å². The number of amides is 1. The van der Waals surface area contributed by atoms with Crippen LogP contribution in [0.4, 0.5) is 0 Å². The highest BCUT2D eigenvalue weighted by Crippen LogP contribution is 2.17. The van der Waals surface area contributed by atoms with Crippen molar-refractivity contribution in [1.82, 2.24) is 5.32 Å². The summed E-state index contributed by atoms with van der Waals surface area (Å²) in [7, 11) is 0. The molecule has 0 aromatic heterocycles. The molecule has 1 amide bonds. The number of carbonyl (C=O) groups is 1. The highest BCUT2D eigenvalue weighted by Gasteiger charge is 2.20. The summed E-state index contributed by atoms with van der Waals surface area (Å²) in [4.78, 5) is 11.8. The molecule has 94 valence electrons. The molecular weight excluding hydrogens is 238 g/mol. The summed E-state index contributed by atoms with van der Waals surface area (Å²) in [6.45, 7) is 7.51. The first-order valence-electron chi connectivity index (χ1n) is 5.52. The molecule has 0 spiro atoms. The van der Waals surface area contributed by atoms with E-state index in [9.17, 15) is 4.79 Å². The zero-order chi connectivity index (χ0) is 13.1. The Morgan fingerprint density at radius 2 is 1.82 bits per heavy atom. The largest absolute Gasteiger partial charge is 0.481 e. The molecule has 0 aliphatic carbocycles. The van der Waals surface area contributed by atoms with Gasteiger partial charge in [-0.2, -0.15) is 0 Å². The van der Waals surface area contributed by atoms with E-state index in [2.05, 4.69) is 5.32 Å². The second-order valence-electron chi connectivity index (χ2n) is 4.95. The zero-order valence-electron chi connectivity index (χ0n) is 10.6. The Hall–Kier alpha value is -1.22. The fourth-order valence-corrected chi connectivity index (χ4v) is 1.37. The first-order valence-corrected chi connectivity index (χ1v) is 5.90. The summed E-state index contributed by atoms with van der Waals surface area (Å²) in [5.41, 5.74) is -0.255. The van der Waals surface area contributed by atoms with E-state index in [1.807, 2.05) is 20.8 Å². The van der Waals surface area contributed by atoms with Crippen molar-refractivity contribution in [1.29, 1.82) is 0 Å². The third-order valence-electron chi connectivity index (χ3n) is 1.99. The lowest BCUT2D eigenvalue weighted by Crippen LogP contribution is -2.46. The molecular formula is C13H18ClNO2. The first kappa shape index (κ1) is 13.8. The molecule has 1 aromatic carbocycles. The van der Waals surface area contributed by atoms with E-state index >= 15 is 0 Å². The lowest BCUT2D eigenvalue weighted by atomic mass is 10.1. The molecule has 0 aliphatic heterocycles. The molecule has 0 aliphatic rings. The van der Waals surface area contributed by atoms with Crippen molar-refractivity contribution < 1.29 is 9.53 Å². The number of nitrogens with one attached hydrogen (secondary N) is 1. The summed E-state index contributed by atoms with van der Waals surface area (Å²) in [5.74, 6) is 0.499. The van der Waals surface area contributed by atoms with Crippen molar-refractivity contribution in [3.8, 4) is 5.75 Å². The van der Waals surface area contributed by atoms with Gasteiger partial charge < -0.3 is 10.1 Å². The van der Waals surface area contributed by atoms with E-state index in [-0.39, 0.29) is 11.4 Å². The maximum Gasteiger partial charge on any atom is 0.261 e. The fraction of sp³-hybridized carbons (Fsp3) is 0.462. The van der Waals surface area contributed by atoms with Gasteiger partial charge in [-0.05, 0) is 52.0 Å². The van der Waals surface area contributed by atoms with Crippen LogP contribution in [0, 0.1) is 0 Å². The molecule has 17 heavy (non-hydrogen) atoms. The molecule has 4 heteroatoms. The van der Waals surface area contributed by atoms with E-state index in [4.69, 9.17) is 16.3 Å². The summed E-state index contributed by atoms with van der Waals surface area (Å²) in [5, 5.41) is 3.50. The van der Waals surface area contributed by atoms with E-state index in [1.165, 1.54) is 0 Å². The van der Waals surface area contributed by atoms with Gasteiger partial charge in [0.1, 0.15) is 5.75 Å². The molecule has 0 saturated heterocycles. The molecule has 1 rings (SSSR count). The van der Waals surface area contributed by atoms with Crippen LogP contribution >= 0.6 is 11.6 Å². The van der Waals surface area contributed by atoms with Crippen LogP contribution in [-0.4, -0.2) is 17.6 Å². The quantitative estimate of drug-likeness (QED) is 0.902. The second-order valence-corrected chi connectivity index (χ2v) is 5.39. The predicted octanol–water partition coefficient (Wildman–Crippen LogP) is 3.02. The van der Waals surface area contributed by atoms with Crippen LogP contribution in [0.25, 0.3) is 0 Å². The van der Waals surface area contributed by atoms with E-state index in [0.29, 0.717) is 10.8 Å². The SMILES string of the molecule is C[C@H](Oc1ccc(Cl)cc1)C(=O)NC(C)(C)C. The van der Waals surface area contributed by atoms with Crippen molar-refractivity contribution in [3.63, 3.8) is 0 Å². The monoisotopic (exact) mass is 255 g/mol. The Labute approximate surface area is 107 Å². The number of benzene rings is 1. The minimum atomic E-state index is -0.532. The van der Waals surface area contributed by atoms with Crippen molar-refractivity contribution in [3.05, 3.63) is 29.3 Å². The fourth-order valence-electron chi connectivity index (χ4n) is 1.24. The van der Waals surface area contributed by atoms with Gasteiger partial charge in [0.25, 0.3) is 5.91 Å². The van der Waals surface area contributed by atoms with Crippen LogP contribution in [0.2, 0.25) is 5.02 Å². The number of halogens is 1. The average molecular weight is 256 g/mol. The molecule has 1 N–H and O–H groups in total. The van der Waals surface area contributed by atoms with Crippen molar-refractivity contribution in [2.75, 3.05) is 0 Å². The number of ether oxygens (including phenoxy) is 1. The Morgan fingerprint density at radius 3 is 2.29 bits per heavy atom. The summed E-state index contributed by atoms with van der Waals surface area (Å²) in [6.07, 6.45) is -0.532. The van der Waals surface area contributed by atoms with Gasteiger partial charge in [0.15, 0.2) is 6.10 Å². The van der Waals surface area contributed by atoms with Gasteiger partial charge in [-0.25, -0.2) is 0 Å². The van der Waals surface area contributed by atoms with Crippen molar-refractivity contribution in [2.24, 2.45) is 0 Å². The normalized spacial score (nSPS) is 13.0. The van der Waals surface area contributed by atoms with Crippen LogP contribution in [0.1, 0.15) is 27.7 Å². The van der Waals surface area contributed by atoms with E-state index in [1.54, 1.807) is 31.2 Å². The topological polar surface area (TPSA) is 38.3 Å². The van der Waals surface area contributed by atoms with Crippen LogP contribution in [0.15, 0.2) is 24.3 Å². The molecule has 0 bridgehead atoms. The van der Waals surface area contributed by atoms with Crippen LogP contribution in [0.3, 0.4) is 0 Å². The maximum atomic E-state index is 11.8. The molecule has 0 fully saturated rings. The number of hydrogen-bond donors (Lipinski definition) is 1. The van der Waals surface area contributed by atoms with E-state index in [0.717, 1.165) is 0 Å². The molecule has 1 atom stereocenters. The van der Waals surface area contributed by atoms with Gasteiger partial charge in [0, 0.05) is 10.6 Å². The van der Waals surface area contributed by atoms with Crippen LogP contribution in [0.5, 0.6) is 5.75 Å². The minimum absolute atomic E-state index is 0.132. The molecule has 0 radical (unpaired) electrons. The molecule has 0 saturated carbocycles. The molecule has 3 nitrogen and oxygen atoms in total. The third-order valence-corrected chi connectivity index (χ3v) is 2.25. The van der Waals surface area contributed by atoms with Gasteiger partial charge in [-0.15, -0.1) is 0 Å². The van der Waals surface area contributed by atoms with Gasteiger partial charge >= 0.3 is 0 Å². The van der Waals surface area contributed by atoms with Gasteiger partial charge in [-0.1, -0.05) is 11.6 Å². The number of carbonyl (C=O) groups excluding carboxylic acids is 1. The second kappa shape index (κ2) is 5.41. The lowest BCUT2D eigenvalue weighted by molar-refractivity contribution is -0.128. The Kier molecular flexibility index (Phi) is 4.40. The van der Waals surface area contributed by atoms with Crippen molar-refractivity contribution >= 4 is 17.5 Å². The van der Waals surface area contributed by atoms with Crippen molar-refractivity contribution in [2.45, 2.75) is 39.3 Å². The number of rotatable bonds is 3. The van der Waals surface area contributed by atoms with Crippen LogP contribution in [-0.2, 0) is 4.79 Å². The first-order chi connectivity index (χ1) is 7.78. The summed E-state index contributed by atoms with van der Waals surface area (Å²) >= 11 is 5.76.